The van der Waals surface area contributed by atoms with Gasteiger partial charge in [-0.2, -0.15) is 0 Å². The Bertz CT molecular complexity index is 1370. The molecule has 0 unspecified atom stereocenters. The van der Waals surface area contributed by atoms with Crippen LogP contribution in [0.25, 0.3) is 0 Å². The molecule has 0 aliphatic heterocycles. The molecule has 2 aromatic carbocycles. The molecule has 0 saturated heterocycles. The van der Waals surface area contributed by atoms with Gasteiger partial charge in [0.15, 0.2) is 8.32 Å². The first-order valence-corrected chi connectivity index (χ1v) is 25.2. The Morgan fingerprint density at radius 2 is 1.40 bits per heavy atom. The zero-order chi connectivity index (χ0) is 39.3. The number of carbonyl (C=O) groups is 2. The summed E-state index contributed by atoms with van der Waals surface area (Å²) < 4.78 is 25.9. The van der Waals surface area contributed by atoms with Crippen molar-refractivity contribution in [3.8, 4) is 0 Å². The standard InChI is InChI=1S/C45H72O6Si2/c1-12-13-18-25-36(50-53(45(6,7)8,37-26-19-16-20-27-37)38-28-21-17-22-29-38)32-33-40-39(30-23-14-15-24-31-43(47)48-9)41(49-35(2)46)34-42(40)51-52(10,11)44(3,4)5/h16-17,19-22,26-29,32-33,36,39-42H,12-15,18,23-25,30-31,34H2,1-11H3/b33-32+/t36-,39+,40+,41-,42+/m0/s1. The predicted octanol–water partition coefficient (Wildman–Crippen LogP) is 10.5. The van der Waals surface area contributed by atoms with Crippen molar-refractivity contribution in [3.63, 3.8) is 0 Å². The van der Waals surface area contributed by atoms with E-state index in [2.05, 4.69) is 134 Å². The highest BCUT2D eigenvalue weighted by Gasteiger charge is 2.52. The number of rotatable bonds is 20. The quantitative estimate of drug-likeness (QED) is 0.0579. The highest BCUT2D eigenvalue weighted by Crippen LogP contribution is 2.46. The lowest BCUT2D eigenvalue weighted by molar-refractivity contribution is -0.148. The van der Waals surface area contributed by atoms with Gasteiger partial charge in [-0.3, -0.25) is 9.59 Å². The third-order valence-corrected chi connectivity index (χ3v) is 21.3. The molecule has 1 fully saturated rings. The van der Waals surface area contributed by atoms with Crippen LogP contribution in [0.3, 0.4) is 0 Å². The van der Waals surface area contributed by atoms with Crippen LogP contribution in [-0.4, -0.2) is 54.0 Å². The molecule has 296 valence electrons. The number of hydrogen-bond acceptors (Lipinski definition) is 6. The Hall–Kier alpha value is -2.53. The van der Waals surface area contributed by atoms with Crippen molar-refractivity contribution < 1.29 is 27.9 Å². The number of hydrogen-bond donors (Lipinski definition) is 0. The smallest absolute Gasteiger partial charge is 0.305 e. The van der Waals surface area contributed by atoms with Gasteiger partial charge in [0, 0.05) is 31.6 Å². The van der Waals surface area contributed by atoms with Crippen LogP contribution in [0, 0.1) is 11.8 Å². The zero-order valence-corrected chi connectivity index (χ0v) is 37.0. The van der Waals surface area contributed by atoms with Crippen LogP contribution in [0.1, 0.15) is 126 Å². The lowest BCUT2D eigenvalue weighted by atomic mass is 9.87. The second-order valence-corrected chi connectivity index (χ2v) is 26.8. The molecule has 6 nitrogen and oxygen atoms in total. The maximum atomic E-state index is 12.5. The van der Waals surface area contributed by atoms with Crippen LogP contribution in [0.2, 0.25) is 23.2 Å². The Balaban J connectivity index is 2.08. The monoisotopic (exact) mass is 764 g/mol. The van der Waals surface area contributed by atoms with E-state index in [1.165, 1.54) is 24.4 Å². The van der Waals surface area contributed by atoms with Gasteiger partial charge in [0.25, 0.3) is 8.32 Å². The Morgan fingerprint density at radius 3 is 1.91 bits per heavy atom. The van der Waals surface area contributed by atoms with Crippen molar-refractivity contribution in [3.05, 3.63) is 72.8 Å². The summed E-state index contributed by atoms with van der Waals surface area (Å²) in [6.07, 6.45) is 14.6. The van der Waals surface area contributed by atoms with Crippen LogP contribution < -0.4 is 10.4 Å². The second-order valence-electron chi connectivity index (χ2n) is 17.8. The third-order valence-electron chi connectivity index (χ3n) is 11.7. The summed E-state index contributed by atoms with van der Waals surface area (Å²) >= 11 is 0. The fraction of sp³-hybridized carbons (Fsp3) is 0.644. The summed E-state index contributed by atoms with van der Waals surface area (Å²) in [7, 11) is -3.51. The lowest BCUT2D eigenvalue weighted by Crippen LogP contribution is -2.67. The predicted molar refractivity (Wildman–Crippen MR) is 225 cm³/mol. The molecule has 0 radical (unpaired) electrons. The number of carbonyl (C=O) groups excluding carboxylic acids is 2. The van der Waals surface area contributed by atoms with E-state index in [9.17, 15) is 9.59 Å². The number of methoxy groups -OCH3 is 1. The van der Waals surface area contributed by atoms with Crippen molar-refractivity contribution in [2.75, 3.05) is 7.11 Å². The maximum Gasteiger partial charge on any atom is 0.305 e. The lowest BCUT2D eigenvalue weighted by Gasteiger charge is -2.45. The van der Waals surface area contributed by atoms with Gasteiger partial charge in [-0.15, -0.1) is 0 Å². The van der Waals surface area contributed by atoms with Crippen LogP contribution in [0.4, 0.5) is 0 Å². The van der Waals surface area contributed by atoms with Crippen LogP contribution >= 0.6 is 0 Å². The number of benzene rings is 2. The van der Waals surface area contributed by atoms with Crippen molar-refractivity contribution in [2.24, 2.45) is 11.8 Å². The minimum absolute atomic E-state index is 0.0466. The normalized spacial score (nSPS) is 20.4. The molecule has 0 aromatic heterocycles. The summed E-state index contributed by atoms with van der Waals surface area (Å²) in [4.78, 5) is 24.2. The Morgan fingerprint density at radius 1 is 0.811 bits per heavy atom. The topological polar surface area (TPSA) is 71.1 Å². The highest BCUT2D eigenvalue weighted by atomic mass is 28.4. The van der Waals surface area contributed by atoms with E-state index in [1.807, 2.05) is 0 Å². The first-order valence-electron chi connectivity index (χ1n) is 20.4. The van der Waals surface area contributed by atoms with Gasteiger partial charge < -0.3 is 18.3 Å². The van der Waals surface area contributed by atoms with Gasteiger partial charge in [-0.1, -0.05) is 160 Å². The average Bonchev–Trinajstić information content (AvgIpc) is 3.40. The third kappa shape index (κ3) is 12.5. The molecule has 53 heavy (non-hydrogen) atoms. The average molecular weight is 765 g/mol. The minimum Gasteiger partial charge on any atom is -0.469 e. The molecule has 1 aliphatic rings. The first kappa shape index (κ1) is 44.9. The molecule has 1 aliphatic carbocycles. The second kappa shape index (κ2) is 20.4. The molecule has 0 heterocycles. The fourth-order valence-electron chi connectivity index (χ4n) is 7.83. The molecule has 5 atom stereocenters. The van der Waals surface area contributed by atoms with Gasteiger partial charge in [0.2, 0.25) is 0 Å². The van der Waals surface area contributed by atoms with Crippen molar-refractivity contribution in [1.29, 1.82) is 0 Å². The van der Waals surface area contributed by atoms with E-state index >= 15 is 0 Å². The molecule has 0 N–H and O–H groups in total. The van der Waals surface area contributed by atoms with Gasteiger partial charge in [-0.25, -0.2) is 0 Å². The van der Waals surface area contributed by atoms with E-state index in [1.54, 1.807) is 0 Å². The van der Waals surface area contributed by atoms with Crippen molar-refractivity contribution in [1.82, 2.24) is 0 Å². The Kier molecular flexibility index (Phi) is 17.3. The van der Waals surface area contributed by atoms with Crippen molar-refractivity contribution in [2.45, 2.75) is 168 Å². The summed E-state index contributed by atoms with van der Waals surface area (Å²) in [5, 5.41) is 2.48. The summed E-state index contributed by atoms with van der Waals surface area (Å²) in [5.41, 5.74) is 0. The molecule has 0 spiro atoms. The molecular weight excluding hydrogens is 693 g/mol. The van der Waals surface area contributed by atoms with E-state index in [0.717, 1.165) is 57.8 Å². The minimum atomic E-state index is -2.80. The molecule has 0 amide bonds. The van der Waals surface area contributed by atoms with Crippen LogP contribution in [0.5, 0.6) is 0 Å². The first-order chi connectivity index (χ1) is 25.0. The van der Waals surface area contributed by atoms with E-state index < -0.39 is 16.6 Å². The van der Waals surface area contributed by atoms with Crippen molar-refractivity contribution >= 4 is 38.9 Å². The van der Waals surface area contributed by atoms with Crippen LogP contribution in [0.15, 0.2) is 72.8 Å². The highest BCUT2D eigenvalue weighted by molar-refractivity contribution is 6.99. The van der Waals surface area contributed by atoms with Gasteiger partial charge in [0.1, 0.15) is 6.10 Å². The molecule has 0 bridgehead atoms. The number of esters is 2. The maximum absolute atomic E-state index is 12.5. The van der Waals surface area contributed by atoms with Gasteiger partial charge >= 0.3 is 11.9 Å². The van der Waals surface area contributed by atoms with Gasteiger partial charge in [-0.05, 0) is 52.8 Å². The largest absolute Gasteiger partial charge is 0.469 e. The number of ether oxygens (including phenoxy) is 2. The Labute approximate surface area is 325 Å². The summed E-state index contributed by atoms with van der Waals surface area (Å²) in [6.45, 7) is 22.3. The molecule has 2 aromatic rings. The van der Waals surface area contributed by atoms with E-state index in [-0.39, 0.29) is 52.2 Å². The molecule has 1 saturated carbocycles. The molecule has 3 rings (SSSR count). The van der Waals surface area contributed by atoms with E-state index in [0.29, 0.717) is 12.8 Å². The van der Waals surface area contributed by atoms with Crippen LogP contribution in [-0.2, 0) is 27.9 Å². The van der Waals surface area contributed by atoms with Gasteiger partial charge in [0.05, 0.1) is 19.3 Å². The summed E-state index contributed by atoms with van der Waals surface area (Å²) in [6, 6.07) is 21.8. The molecule has 8 heteroatoms. The SMILES string of the molecule is CCCCC[C@@H](/C=C/[C@@H]1[C@@H](CCCCCCC(=O)OC)[C@@H](OC(C)=O)C[C@H]1O[Si](C)(C)C(C)(C)C)O[Si](c1ccccc1)(c1ccccc1)C(C)(C)C. The molecular formula is C45H72O6Si2. The fourth-order valence-corrected chi connectivity index (χ4v) is 13.9. The zero-order valence-electron chi connectivity index (χ0n) is 35.0. The summed E-state index contributed by atoms with van der Waals surface area (Å²) in [5.74, 6) is -0.170. The number of unbranched alkanes of at least 4 members (excludes halogenated alkanes) is 5. The van der Waals surface area contributed by atoms with E-state index in [4.69, 9.17) is 18.3 Å².